The number of amides is 1. The molecule has 2 unspecified atom stereocenters. The second kappa shape index (κ2) is 10.5. The molecule has 3 fully saturated rings. The van der Waals surface area contributed by atoms with Gasteiger partial charge in [-0.25, -0.2) is 13.2 Å². The second-order valence-corrected chi connectivity index (χ2v) is 10.1. The number of rotatable bonds is 8. The van der Waals surface area contributed by atoms with E-state index in [4.69, 9.17) is 4.74 Å². The van der Waals surface area contributed by atoms with Crippen LogP contribution in [0.2, 0.25) is 0 Å². The molecule has 2 aromatic rings. The van der Waals surface area contributed by atoms with Crippen LogP contribution in [0.3, 0.4) is 0 Å². The van der Waals surface area contributed by atoms with E-state index in [2.05, 4.69) is 10.5 Å². The van der Waals surface area contributed by atoms with Crippen molar-refractivity contribution in [1.29, 1.82) is 0 Å². The van der Waals surface area contributed by atoms with Gasteiger partial charge in [-0.05, 0) is 74.4 Å². The van der Waals surface area contributed by atoms with Crippen molar-refractivity contribution in [3.05, 3.63) is 59.7 Å². The van der Waals surface area contributed by atoms with Crippen LogP contribution in [0, 0.1) is 17.0 Å². The third-order valence-corrected chi connectivity index (χ3v) is 7.99. The predicted molar refractivity (Wildman–Crippen MR) is 132 cm³/mol. The molecule has 1 aliphatic heterocycles. The van der Waals surface area contributed by atoms with Crippen molar-refractivity contribution in [2.24, 2.45) is 11.1 Å². The number of ether oxygens (including phenoxy) is 1. The summed E-state index contributed by atoms with van der Waals surface area (Å²) in [7, 11) is 3.04. The first kappa shape index (κ1) is 26.0. The van der Waals surface area contributed by atoms with Gasteiger partial charge in [0.15, 0.2) is 0 Å². The maximum absolute atomic E-state index is 15.6. The summed E-state index contributed by atoms with van der Waals surface area (Å²) >= 11 is 0.958. The molecular formula is C26H32F3N3O2S. The molecule has 5 nitrogen and oxygen atoms in total. The van der Waals surface area contributed by atoms with Crippen molar-refractivity contribution in [3.8, 4) is 11.1 Å². The molecule has 2 aliphatic carbocycles. The van der Waals surface area contributed by atoms with Crippen LogP contribution in [0.5, 0.6) is 0 Å². The van der Waals surface area contributed by atoms with E-state index in [9.17, 15) is 13.6 Å². The SMILES string of the molecule is CN.COC1(C(=O)N2CC3(CC3)C(NSCF)C2Cc2cc(F)cc(-c3ccccc3)c2F)CC1. The molecule has 1 amide bonds. The van der Waals surface area contributed by atoms with E-state index in [0.29, 0.717) is 24.9 Å². The average Bonchev–Trinajstić information content (AvgIpc) is 3.81. The number of hydrogen-bond donors (Lipinski definition) is 2. The van der Waals surface area contributed by atoms with Crippen LogP contribution < -0.4 is 10.5 Å². The molecule has 2 aromatic carbocycles. The molecule has 3 aliphatic rings. The second-order valence-electron chi connectivity index (χ2n) is 9.41. The minimum absolute atomic E-state index is 0.101. The van der Waals surface area contributed by atoms with E-state index in [-0.39, 0.29) is 34.9 Å². The van der Waals surface area contributed by atoms with Crippen LogP contribution in [0.15, 0.2) is 42.5 Å². The molecule has 190 valence electrons. The first-order valence-corrected chi connectivity index (χ1v) is 12.8. The van der Waals surface area contributed by atoms with Gasteiger partial charge in [-0.2, -0.15) is 0 Å². The fourth-order valence-electron chi connectivity index (χ4n) is 5.28. The smallest absolute Gasteiger partial charge is 0.255 e. The van der Waals surface area contributed by atoms with Crippen LogP contribution in [0.1, 0.15) is 31.2 Å². The van der Waals surface area contributed by atoms with Crippen molar-refractivity contribution in [2.75, 3.05) is 26.7 Å². The van der Waals surface area contributed by atoms with Crippen molar-refractivity contribution >= 4 is 17.9 Å². The number of hydrogen-bond acceptors (Lipinski definition) is 5. The molecule has 5 rings (SSSR count). The molecule has 0 bridgehead atoms. The van der Waals surface area contributed by atoms with Crippen LogP contribution in [-0.4, -0.2) is 55.2 Å². The molecule has 35 heavy (non-hydrogen) atoms. The molecule has 3 N–H and O–H groups in total. The molecule has 1 heterocycles. The van der Waals surface area contributed by atoms with Crippen LogP contribution >= 0.6 is 11.9 Å². The molecule has 0 radical (unpaired) electrons. The quantitative estimate of drug-likeness (QED) is 0.517. The monoisotopic (exact) mass is 507 g/mol. The summed E-state index contributed by atoms with van der Waals surface area (Å²) in [6.45, 7) is 0.522. The Morgan fingerprint density at radius 1 is 1.17 bits per heavy atom. The highest BCUT2D eigenvalue weighted by Gasteiger charge is 2.64. The number of nitrogens with two attached hydrogens (primary N) is 1. The lowest BCUT2D eigenvalue weighted by atomic mass is 9.91. The van der Waals surface area contributed by atoms with E-state index in [0.717, 1.165) is 24.8 Å². The van der Waals surface area contributed by atoms with Crippen molar-refractivity contribution < 1.29 is 22.7 Å². The van der Waals surface area contributed by atoms with Gasteiger partial charge in [-0.15, -0.1) is 0 Å². The highest BCUT2D eigenvalue weighted by Crippen LogP contribution is 2.57. The Hall–Kier alpha value is -2.07. The molecule has 0 aromatic heterocycles. The number of alkyl halides is 1. The molecular weight excluding hydrogens is 475 g/mol. The molecule has 1 saturated heterocycles. The Morgan fingerprint density at radius 3 is 2.43 bits per heavy atom. The standard InChI is InChI=1S/C25H27F3N2O2S.CH5N/c1-32-25(9-10-25)23(31)30-14-24(7-8-24)22(29-33-15-26)20(30)12-17-11-18(27)13-19(21(17)28)16-5-3-2-4-6-16;1-2/h2-6,11,13,20,22,29H,7-10,12,14-15H2,1H3;2H2,1H3. The van der Waals surface area contributed by atoms with Crippen molar-refractivity contribution in [1.82, 2.24) is 9.62 Å². The van der Waals surface area contributed by atoms with Gasteiger partial charge in [-0.1, -0.05) is 30.3 Å². The van der Waals surface area contributed by atoms with Crippen molar-refractivity contribution in [3.63, 3.8) is 0 Å². The van der Waals surface area contributed by atoms with Gasteiger partial charge in [0.05, 0.1) is 6.04 Å². The average molecular weight is 508 g/mol. The number of nitrogens with zero attached hydrogens (tertiary/aromatic N) is 1. The zero-order chi connectivity index (χ0) is 25.2. The van der Waals surface area contributed by atoms with E-state index < -0.39 is 29.3 Å². The zero-order valence-corrected chi connectivity index (χ0v) is 20.8. The Bertz CT molecular complexity index is 1050. The lowest BCUT2D eigenvalue weighted by Crippen LogP contribution is -2.49. The van der Waals surface area contributed by atoms with Crippen molar-refractivity contribution in [2.45, 2.75) is 49.8 Å². The van der Waals surface area contributed by atoms with Gasteiger partial charge in [0.1, 0.15) is 23.2 Å². The minimum atomic E-state index is -0.813. The number of carbonyl (C=O) groups excluding carboxylic acids is 1. The lowest BCUT2D eigenvalue weighted by Gasteiger charge is -2.31. The number of carbonyl (C=O) groups is 1. The summed E-state index contributed by atoms with van der Waals surface area (Å²) in [5, 5.41) is 0. The van der Waals surface area contributed by atoms with Gasteiger partial charge in [0.25, 0.3) is 5.91 Å². The highest BCUT2D eigenvalue weighted by molar-refractivity contribution is 7.97. The topological polar surface area (TPSA) is 67.6 Å². The summed E-state index contributed by atoms with van der Waals surface area (Å²) in [5.74, 6) is -1.12. The number of nitrogens with one attached hydrogen (secondary N) is 1. The number of halogens is 3. The first-order chi connectivity index (χ1) is 16.9. The van der Waals surface area contributed by atoms with E-state index in [1.807, 2.05) is 6.07 Å². The minimum Gasteiger partial charge on any atom is -0.368 e. The summed E-state index contributed by atoms with van der Waals surface area (Å²) in [4.78, 5) is 15.2. The first-order valence-electron chi connectivity index (χ1n) is 11.8. The van der Waals surface area contributed by atoms with Gasteiger partial charge >= 0.3 is 0 Å². The van der Waals surface area contributed by atoms with Gasteiger partial charge < -0.3 is 15.4 Å². The van der Waals surface area contributed by atoms with E-state index in [1.54, 1.807) is 29.2 Å². The largest absolute Gasteiger partial charge is 0.368 e. The number of benzene rings is 2. The Balaban J connectivity index is 0.00000141. The Morgan fingerprint density at radius 2 is 1.86 bits per heavy atom. The van der Waals surface area contributed by atoms with E-state index in [1.165, 1.54) is 26.3 Å². The van der Waals surface area contributed by atoms with Gasteiger partial charge in [0, 0.05) is 30.7 Å². The predicted octanol–water partition coefficient (Wildman–Crippen LogP) is 4.45. The summed E-state index contributed by atoms with van der Waals surface area (Å²) in [6.07, 6.45) is 3.28. The van der Waals surface area contributed by atoms with E-state index >= 15 is 4.39 Å². The Kier molecular flexibility index (Phi) is 7.80. The maximum Gasteiger partial charge on any atom is 0.255 e. The third-order valence-electron chi connectivity index (χ3n) is 7.46. The van der Waals surface area contributed by atoms with Crippen LogP contribution in [0.4, 0.5) is 13.2 Å². The molecule has 2 saturated carbocycles. The van der Waals surface area contributed by atoms with Gasteiger partial charge in [-0.3, -0.25) is 9.52 Å². The molecule has 9 heteroatoms. The third kappa shape index (κ3) is 4.96. The van der Waals surface area contributed by atoms with Gasteiger partial charge in [0.2, 0.25) is 0 Å². The zero-order valence-electron chi connectivity index (χ0n) is 20.0. The summed E-state index contributed by atoms with van der Waals surface area (Å²) in [6, 6.07) is 10.0. The maximum atomic E-state index is 15.6. The summed E-state index contributed by atoms with van der Waals surface area (Å²) < 4.78 is 52.0. The number of likely N-dealkylation sites (tertiary alicyclic amines) is 1. The molecule has 2 atom stereocenters. The molecule has 1 spiro atoms. The fourth-order valence-corrected chi connectivity index (χ4v) is 5.93. The van der Waals surface area contributed by atoms with Crippen LogP contribution in [0.25, 0.3) is 11.1 Å². The summed E-state index contributed by atoms with van der Waals surface area (Å²) in [5.41, 5.74) is 4.53. The lowest BCUT2D eigenvalue weighted by molar-refractivity contribution is -0.145. The Labute approximate surface area is 208 Å². The normalized spacial score (nSPS) is 23.1. The number of methoxy groups -OCH3 is 1. The highest BCUT2D eigenvalue weighted by atomic mass is 32.2. The fraction of sp³-hybridized carbons (Fsp3) is 0.500. The van der Waals surface area contributed by atoms with Crippen LogP contribution in [-0.2, 0) is 16.0 Å².